The zero-order chi connectivity index (χ0) is 13.3. The molecule has 0 aliphatic heterocycles. The summed E-state index contributed by atoms with van der Waals surface area (Å²) in [7, 11) is 0. The van der Waals surface area contributed by atoms with Crippen molar-refractivity contribution in [2.45, 2.75) is 13.5 Å². The van der Waals surface area contributed by atoms with Gasteiger partial charge in [-0.3, -0.25) is 9.36 Å². The predicted octanol–water partition coefficient (Wildman–Crippen LogP) is 1.93. The van der Waals surface area contributed by atoms with Crippen LogP contribution >= 0.6 is 22.6 Å². The molecule has 6 heteroatoms. The Morgan fingerprint density at radius 3 is 2.89 bits per heavy atom. The number of anilines is 1. The lowest BCUT2D eigenvalue weighted by molar-refractivity contribution is 0.625. The minimum absolute atomic E-state index is 0.101. The maximum absolute atomic E-state index is 13.3. The van der Waals surface area contributed by atoms with E-state index in [2.05, 4.69) is 4.98 Å². The van der Waals surface area contributed by atoms with Crippen molar-refractivity contribution >= 4 is 28.3 Å². The molecule has 1 aromatic carbocycles. The van der Waals surface area contributed by atoms with Gasteiger partial charge in [0.1, 0.15) is 11.6 Å². The zero-order valence-corrected chi connectivity index (χ0v) is 11.8. The van der Waals surface area contributed by atoms with Gasteiger partial charge in [0.15, 0.2) is 0 Å². The summed E-state index contributed by atoms with van der Waals surface area (Å²) >= 11 is 1.93. The zero-order valence-electron chi connectivity index (χ0n) is 9.65. The highest BCUT2D eigenvalue weighted by Crippen LogP contribution is 2.13. The third-order valence-electron chi connectivity index (χ3n) is 2.61. The molecule has 1 aromatic heterocycles. The van der Waals surface area contributed by atoms with E-state index in [0.717, 1.165) is 0 Å². The number of hydrogen-bond donors (Lipinski definition) is 1. The van der Waals surface area contributed by atoms with Crippen molar-refractivity contribution in [1.29, 1.82) is 0 Å². The van der Waals surface area contributed by atoms with Gasteiger partial charge in [0, 0.05) is 6.20 Å². The fraction of sp³-hybridized carbons (Fsp3) is 0.167. The van der Waals surface area contributed by atoms with Crippen molar-refractivity contribution in [2.24, 2.45) is 0 Å². The van der Waals surface area contributed by atoms with Crippen LogP contribution in [0, 0.1) is 16.3 Å². The van der Waals surface area contributed by atoms with Gasteiger partial charge in [-0.25, -0.2) is 9.37 Å². The third-order valence-corrected chi connectivity index (χ3v) is 3.35. The topological polar surface area (TPSA) is 60.9 Å². The highest BCUT2D eigenvalue weighted by Gasteiger charge is 2.07. The van der Waals surface area contributed by atoms with Gasteiger partial charge in [-0.1, -0.05) is 6.07 Å². The smallest absolute Gasteiger partial charge is 0.267 e. The first-order chi connectivity index (χ1) is 8.49. The summed E-state index contributed by atoms with van der Waals surface area (Å²) in [6.07, 6.45) is 1.53. The lowest BCUT2D eigenvalue weighted by Crippen LogP contribution is -2.26. The fourth-order valence-corrected chi connectivity index (χ4v) is 2.02. The van der Waals surface area contributed by atoms with Crippen LogP contribution in [0.2, 0.25) is 0 Å². The summed E-state index contributed by atoms with van der Waals surface area (Å²) in [5.74, 6) is 0.120. The Morgan fingerprint density at radius 2 is 2.22 bits per heavy atom. The van der Waals surface area contributed by atoms with Gasteiger partial charge < -0.3 is 5.73 Å². The second-order valence-electron chi connectivity index (χ2n) is 3.90. The van der Waals surface area contributed by atoms with Crippen molar-refractivity contribution in [1.82, 2.24) is 9.55 Å². The molecule has 0 fully saturated rings. The molecule has 18 heavy (non-hydrogen) atoms. The molecule has 2 aromatic rings. The van der Waals surface area contributed by atoms with Crippen LogP contribution in [-0.2, 0) is 6.54 Å². The van der Waals surface area contributed by atoms with Crippen LogP contribution in [0.5, 0.6) is 0 Å². The van der Waals surface area contributed by atoms with E-state index >= 15 is 0 Å². The average molecular weight is 359 g/mol. The number of halogens is 2. The van der Waals surface area contributed by atoms with Crippen LogP contribution in [-0.4, -0.2) is 9.55 Å². The van der Waals surface area contributed by atoms with Crippen molar-refractivity contribution in [3.05, 3.63) is 55.5 Å². The fourth-order valence-electron chi connectivity index (χ4n) is 1.59. The number of nitrogens with two attached hydrogens (primary N) is 1. The van der Waals surface area contributed by atoms with E-state index in [1.54, 1.807) is 13.0 Å². The number of nitrogen functional groups attached to an aromatic ring is 1. The van der Waals surface area contributed by atoms with Gasteiger partial charge in [-0.15, -0.1) is 0 Å². The minimum atomic E-state index is -0.475. The molecule has 0 saturated carbocycles. The molecule has 4 nitrogen and oxygen atoms in total. The van der Waals surface area contributed by atoms with E-state index in [9.17, 15) is 9.18 Å². The molecule has 0 bridgehead atoms. The van der Waals surface area contributed by atoms with E-state index in [4.69, 9.17) is 5.73 Å². The molecule has 2 N–H and O–H groups in total. The van der Waals surface area contributed by atoms with Crippen molar-refractivity contribution in [3.8, 4) is 0 Å². The first-order valence-electron chi connectivity index (χ1n) is 5.25. The molecule has 0 spiro atoms. The Balaban J connectivity index is 2.43. The molecule has 0 aliphatic carbocycles. The van der Waals surface area contributed by atoms with Crippen LogP contribution in [0.3, 0.4) is 0 Å². The van der Waals surface area contributed by atoms with E-state index in [0.29, 0.717) is 15.0 Å². The predicted molar refractivity (Wildman–Crippen MR) is 75.9 cm³/mol. The monoisotopic (exact) mass is 359 g/mol. The van der Waals surface area contributed by atoms with Crippen molar-refractivity contribution < 1.29 is 4.39 Å². The van der Waals surface area contributed by atoms with Crippen molar-refractivity contribution in [2.75, 3.05) is 5.73 Å². The SMILES string of the molecule is Cc1ncc(I)c(=O)n1Cc1ccc(N)c(F)c1. The first kappa shape index (κ1) is 13.0. The molecular weight excluding hydrogens is 348 g/mol. The van der Waals surface area contributed by atoms with Crippen LogP contribution in [0.1, 0.15) is 11.4 Å². The maximum atomic E-state index is 13.3. The molecular formula is C12H11FIN3O. The molecule has 0 radical (unpaired) electrons. The van der Waals surface area contributed by atoms with E-state index in [1.807, 2.05) is 22.6 Å². The molecule has 0 saturated heterocycles. The highest BCUT2D eigenvalue weighted by atomic mass is 127. The first-order valence-corrected chi connectivity index (χ1v) is 6.33. The summed E-state index contributed by atoms with van der Waals surface area (Å²) in [5, 5.41) is 0. The lowest BCUT2D eigenvalue weighted by atomic mass is 10.2. The third kappa shape index (κ3) is 2.53. The van der Waals surface area contributed by atoms with E-state index < -0.39 is 5.82 Å². The van der Waals surface area contributed by atoms with Gasteiger partial charge in [-0.05, 0) is 47.2 Å². The summed E-state index contributed by atoms with van der Waals surface area (Å²) < 4.78 is 15.4. The molecule has 0 atom stereocenters. The lowest BCUT2D eigenvalue weighted by Gasteiger charge is -2.10. The highest BCUT2D eigenvalue weighted by molar-refractivity contribution is 14.1. The Kier molecular flexibility index (Phi) is 3.65. The van der Waals surface area contributed by atoms with Gasteiger partial charge in [0.2, 0.25) is 0 Å². The van der Waals surface area contributed by atoms with Crippen LogP contribution in [0.25, 0.3) is 0 Å². The normalized spacial score (nSPS) is 10.6. The number of benzene rings is 1. The van der Waals surface area contributed by atoms with Crippen LogP contribution in [0.15, 0.2) is 29.2 Å². The molecule has 1 heterocycles. The molecule has 0 unspecified atom stereocenters. The summed E-state index contributed by atoms with van der Waals surface area (Å²) in [6.45, 7) is 2.02. The second kappa shape index (κ2) is 5.05. The minimum Gasteiger partial charge on any atom is -0.396 e. The molecule has 0 amide bonds. The maximum Gasteiger partial charge on any atom is 0.267 e. The number of hydrogen-bond acceptors (Lipinski definition) is 3. The standard InChI is InChI=1S/C12H11FIN3O/c1-7-16-5-10(14)12(18)17(7)6-8-2-3-11(15)9(13)4-8/h2-5H,6,15H2,1H3. The Bertz CT molecular complexity index is 654. The number of nitrogens with zero attached hydrogens (tertiary/aromatic N) is 2. The Labute approximate surface area is 117 Å². The summed E-state index contributed by atoms with van der Waals surface area (Å²) in [4.78, 5) is 16.1. The Hall–Kier alpha value is -1.44. The number of aromatic nitrogens is 2. The van der Waals surface area contributed by atoms with Crippen molar-refractivity contribution in [3.63, 3.8) is 0 Å². The largest absolute Gasteiger partial charge is 0.396 e. The average Bonchev–Trinajstić information content (AvgIpc) is 2.34. The van der Waals surface area contributed by atoms with Gasteiger partial charge in [0.05, 0.1) is 15.8 Å². The van der Waals surface area contributed by atoms with Crippen LogP contribution < -0.4 is 11.3 Å². The molecule has 0 aliphatic rings. The second-order valence-corrected chi connectivity index (χ2v) is 5.06. The summed E-state index contributed by atoms with van der Waals surface area (Å²) in [6, 6.07) is 4.53. The molecule has 94 valence electrons. The van der Waals surface area contributed by atoms with E-state index in [1.165, 1.54) is 22.9 Å². The van der Waals surface area contributed by atoms with Gasteiger partial charge in [-0.2, -0.15) is 0 Å². The quantitative estimate of drug-likeness (QED) is 0.659. The van der Waals surface area contributed by atoms with Crippen LogP contribution in [0.4, 0.5) is 10.1 Å². The number of aryl methyl sites for hydroxylation is 1. The Morgan fingerprint density at radius 1 is 1.50 bits per heavy atom. The van der Waals surface area contributed by atoms with Gasteiger partial charge >= 0.3 is 0 Å². The molecule has 2 rings (SSSR count). The number of rotatable bonds is 2. The van der Waals surface area contributed by atoms with E-state index in [-0.39, 0.29) is 17.8 Å². The summed E-state index contributed by atoms with van der Waals surface area (Å²) in [5.41, 5.74) is 6.06. The van der Waals surface area contributed by atoms with Gasteiger partial charge in [0.25, 0.3) is 5.56 Å².